The minimum absolute atomic E-state index is 0.160. The Morgan fingerprint density at radius 1 is 0.906 bits per heavy atom. The molecule has 1 aliphatic heterocycles. The summed E-state index contributed by atoms with van der Waals surface area (Å²) in [4.78, 5) is 28.2. The molecule has 0 spiro atoms. The molecule has 0 radical (unpaired) electrons. The van der Waals surface area contributed by atoms with Gasteiger partial charge in [-0.25, -0.2) is 13.2 Å². The molecule has 172 valence electrons. The van der Waals surface area contributed by atoms with E-state index >= 15 is 0 Å². The van der Waals surface area contributed by atoms with Gasteiger partial charge in [-0.15, -0.1) is 0 Å². The number of hydrogen-bond donors (Lipinski definition) is 0. The van der Waals surface area contributed by atoms with Gasteiger partial charge >= 0.3 is 6.09 Å². The van der Waals surface area contributed by atoms with E-state index in [9.17, 15) is 18.0 Å². The van der Waals surface area contributed by atoms with Gasteiger partial charge in [-0.05, 0) is 31.0 Å². The van der Waals surface area contributed by atoms with Gasteiger partial charge < -0.3 is 14.5 Å². The zero-order valence-electron chi connectivity index (χ0n) is 18.2. The average Bonchev–Trinajstić information content (AvgIpc) is 2.83. The summed E-state index contributed by atoms with van der Waals surface area (Å²) >= 11 is 0. The van der Waals surface area contributed by atoms with Gasteiger partial charge in [0.1, 0.15) is 0 Å². The summed E-state index contributed by atoms with van der Waals surface area (Å²) in [6.07, 6.45) is 0.104. The Morgan fingerprint density at radius 3 is 2.06 bits per heavy atom. The number of benzene rings is 2. The first-order chi connectivity index (χ1) is 15.4. The topological polar surface area (TPSA) is 87.2 Å². The van der Waals surface area contributed by atoms with Crippen LogP contribution in [0.15, 0.2) is 65.6 Å². The van der Waals surface area contributed by atoms with Crippen molar-refractivity contribution in [2.75, 3.05) is 45.9 Å². The predicted octanol–water partition coefficient (Wildman–Crippen LogP) is 2.22. The second kappa shape index (κ2) is 11.1. The number of hydrogen-bond acceptors (Lipinski definition) is 5. The lowest BCUT2D eigenvalue weighted by Crippen LogP contribution is -2.53. The second-order valence-corrected chi connectivity index (χ2v) is 9.39. The molecule has 2 aromatic carbocycles. The van der Waals surface area contributed by atoms with Crippen LogP contribution >= 0.6 is 0 Å². The third-order valence-corrected chi connectivity index (χ3v) is 7.20. The van der Waals surface area contributed by atoms with Gasteiger partial charge in [0, 0.05) is 32.7 Å². The average molecular weight is 460 g/mol. The van der Waals surface area contributed by atoms with Crippen molar-refractivity contribution in [3.05, 3.63) is 66.2 Å². The van der Waals surface area contributed by atoms with E-state index in [0.717, 1.165) is 5.56 Å². The van der Waals surface area contributed by atoms with Crippen molar-refractivity contribution >= 4 is 22.0 Å². The van der Waals surface area contributed by atoms with Crippen LogP contribution in [0.1, 0.15) is 12.5 Å². The van der Waals surface area contributed by atoms with Crippen molar-refractivity contribution < 1.29 is 22.7 Å². The van der Waals surface area contributed by atoms with Crippen LogP contribution in [0.2, 0.25) is 0 Å². The van der Waals surface area contributed by atoms with E-state index < -0.39 is 16.1 Å². The van der Waals surface area contributed by atoms with Gasteiger partial charge in [0.15, 0.2) is 0 Å². The number of rotatable bonds is 8. The van der Waals surface area contributed by atoms with Crippen LogP contribution in [0.25, 0.3) is 0 Å². The molecule has 32 heavy (non-hydrogen) atoms. The van der Waals surface area contributed by atoms with Crippen LogP contribution in [0.4, 0.5) is 4.79 Å². The molecule has 3 rings (SSSR count). The molecule has 2 amide bonds. The summed E-state index contributed by atoms with van der Waals surface area (Å²) < 4.78 is 32.8. The molecule has 0 aliphatic carbocycles. The van der Waals surface area contributed by atoms with Gasteiger partial charge in [0.2, 0.25) is 15.9 Å². The van der Waals surface area contributed by atoms with Crippen molar-refractivity contribution in [3.63, 3.8) is 0 Å². The Bertz CT molecular complexity index is 991. The van der Waals surface area contributed by atoms with Gasteiger partial charge in [-0.2, -0.15) is 4.31 Å². The van der Waals surface area contributed by atoms with Gasteiger partial charge in [-0.1, -0.05) is 48.5 Å². The van der Waals surface area contributed by atoms with E-state index in [-0.39, 0.29) is 23.9 Å². The van der Waals surface area contributed by atoms with Crippen LogP contribution < -0.4 is 0 Å². The number of sulfonamides is 1. The highest BCUT2D eigenvalue weighted by Crippen LogP contribution is 2.17. The second-order valence-electron chi connectivity index (χ2n) is 7.45. The fourth-order valence-electron chi connectivity index (χ4n) is 3.53. The Kier molecular flexibility index (Phi) is 8.24. The summed E-state index contributed by atoms with van der Waals surface area (Å²) in [6, 6.07) is 17.7. The van der Waals surface area contributed by atoms with E-state index in [1.54, 1.807) is 34.9 Å². The summed E-state index contributed by atoms with van der Waals surface area (Å²) in [7, 11) is -3.84. The van der Waals surface area contributed by atoms with Crippen LogP contribution in [0, 0.1) is 0 Å². The molecule has 1 fully saturated rings. The molecule has 0 atom stereocenters. The highest BCUT2D eigenvalue weighted by atomic mass is 32.2. The van der Waals surface area contributed by atoms with Gasteiger partial charge in [0.05, 0.1) is 18.0 Å². The van der Waals surface area contributed by atoms with Crippen LogP contribution in [0.3, 0.4) is 0 Å². The van der Waals surface area contributed by atoms with Crippen molar-refractivity contribution in [3.8, 4) is 0 Å². The molecule has 1 heterocycles. The van der Waals surface area contributed by atoms with E-state index in [2.05, 4.69) is 0 Å². The van der Waals surface area contributed by atoms with E-state index in [1.807, 2.05) is 30.3 Å². The highest BCUT2D eigenvalue weighted by Gasteiger charge is 2.30. The number of carbonyl (C=O) groups excluding carboxylic acids is 2. The Hall–Kier alpha value is -2.91. The summed E-state index contributed by atoms with van der Waals surface area (Å²) in [5.74, 6) is -0.277. The van der Waals surface area contributed by atoms with Crippen molar-refractivity contribution in [1.29, 1.82) is 0 Å². The predicted molar refractivity (Wildman–Crippen MR) is 121 cm³/mol. The number of ether oxygens (including phenoxy) is 1. The van der Waals surface area contributed by atoms with Crippen LogP contribution in [0.5, 0.6) is 0 Å². The van der Waals surface area contributed by atoms with Gasteiger partial charge in [-0.3, -0.25) is 4.79 Å². The molecular formula is C23H29N3O5S. The molecule has 2 aromatic rings. The third kappa shape index (κ3) is 6.08. The molecule has 0 saturated carbocycles. The molecule has 0 unspecified atom stereocenters. The van der Waals surface area contributed by atoms with Crippen LogP contribution in [-0.2, 0) is 26.0 Å². The SMILES string of the molecule is CCOC(=O)N1CCN(C(=O)CN(CCc2ccccc2)S(=O)(=O)c2ccccc2)CC1. The number of nitrogens with zero attached hydrogens (tertiary/aromatic N) is 3. The van der Waals surface area contributed by atoms with Crippen molar-refractivity contribution in [2.24, 2.45) is 0 Å². The molecule has 0 aromatic heterocycles. The first kappa shape index (κ1) is 23.7. The lowest BCUT2D eigenvalue weighted by molar-refractivity contribution is -0.133. The van der Waals surface area contributed by atoms with Gasteiger partial charge in [0.25, 0.3) is 0 Å². The number of carbonyl (C=O) groups is 2. The molecule has 0 bridgehead atoms. The smallest absolute Gasteiger partial charge is 0.409 e. The largest absolute Gasteiger partial charge is 0.450 e. The number of piperazine rings is 1. The summed E-state index contributed by atoms with van der Waals surface area (Å²) in [6.45, 7) is 3.39. The minimum atomic E-state index is -3.84. The maximum Gasteiger partial charge on any atom is 0.409 e. The number of amides is 2. The molecule has 1 saturated heterocycles. The summed E-state index contributed by atoms with van der Waals surface area (Å²) in [5, 5.41) is 0. The minimum Gasteiger partial charge on any atom is -0.450 e. The summed E-state index contributed by atoms with van der Waals surface area (Å²) in [5.41, 5.74) is 0.997. The maximum absolute atomic E-state index is 13.3. The molecule has 9 heteroatoms. The Morgan fingerprint density at radius 2 is 1.47 bits per heavy atom. The first-order valence-electron chi connectivity index (χ1n) is 10.7. The molecule has 0 N–H and O–H groups in total. The van der Waals surface area contributed by atoms with Crippen molar-refractivity contribution in [1.82, 2.24) is 14.1 Å². The quantitative estimate of drug-likeness (QED) is 0.604. The maximum atomic E-state index is 13.3. The van der Waals surface area contributed by atoms with E-state index in [1.165, 1.54) is 16.4 Å². The highest BCUT2D eigenvalue weighted by molar-refractivity contribution is 7.89. The third-order valence-electron chi connectivity index (χ3n) is 5.34. The Balaban J connectivity index is 1.69. The lowest BCUT2D eigenvalue weighted by atomic mass is 10.1. The van der Waals surface area contributed by atoms with Crippen LogP contribution in [-0.4, -0.2) is 80.4 Å². The molecule has 1 aliphatic rings. The molecular weight excluding hydrogens is 430 g/mol. The zero-order chi connectivity index (χ0) is 23.0. The normalized spacial score (nSPS) is 14.4. The fourth-order valence-corrected chi connectivity index (χ4v) is 4.94. The van der Waals surface area contributed by atoms with E-state index in [0.29, 0.717) is 39.2 Å². The Labute approximate surface area is 189 Å². The standard InChI is InChI=1S/C23H29N3O5S/c1-2-31-23(28)25-17-15-24(16-18-25)22(27)19-26(14-13-20-9-5-3-6-10-20)32(29,30)21-11-7-4-8-12-21/h3-12H,2,13-19H2,1H3. The monoisotopic (exact) mass is 459 g/mol. The lowest BCUT2D eigenvalue weighted by Gasteiger charge is -2.35. The fraction of sp³-hybridized carbons (Fsp3) is 0.391. The first-order valence-corrected chi connectivity index (χ1v) is 12.1. The van der Waals surface area contributed by atoms with E-state index in [4.69, 9.17) is 4.74 Å². The molecule has 8 nitrogen and oxygen atoms in total. The van der Waals surface area contributed by atoms with Crippen molar-refractivity contribution in [2.45, 2.75) is 18.2 Å². The zero-order valence-corrected chi connectivity index (χ0v) is 19.0.